The van der Waals surface area contributed by atoms with Gasteiger partial charge in [-0.3, -0.25) is 14.2 Å². The zero-order valence-electron chi connectivity index (χ0n) is 15.5. The quantitative estimate of drug-likeness (QED) is 0.562. The van der Waals surface area contributed by atoms with Crippen LogP contribution in [0, 0.1) is 0 Å². The van der Waals surface area contributed by atoms with E-state index in [1.54, 1.807) is 0 Å². The summed E-state index contributed by atoms with van der Waals surface area (Å²) in [7, 11) is 0. The molecular formula is C19H17N3O6S. The van der Waals surface area contributed by atoms with Crippen LogP contribution in [0.5, 0.6) is 0 Å². The van der Waals surface area contributed by atoms with Crippen molar-refractivity contribution in [3.05, 3.63) is 57.0 Å². The Labute approximate surface area is 168 Å². The maximum absolute atomic E-state index is 13.0. The number of carboxylic acid groups (broad SMARTS) is 2. The van der Waals surface area contributed by atoms with Gasteiger partial charge in [0.15, 0.2) is 0 Å². The molecule has 0 spiro atoms. The summed E-state index contributed by atoms with van der Waals surface area (Å²) in [5.41, 5.74) is -0.283. The molecule has 10 heteroatoms. The number of carboxylic acids is 2. The van der Waals surface area contributed by atoms with Crippen LogP contribution >= 0.6 is 11.3 Å². The smallest absolute Gasteiger partial charge is 0.337 e. The minimum Gasteiger partial charge on any atom is -0.478 e. The number of amides is 1. The first-order valence-electron chi connectivity index (χ1n) is 8.57. The topological polar surface area (TPSA) is 139 Å². The normalized spacial score (nSPS) is 11.0. The molecule has 2 heterocycles. The van der Waals surface area contributed by atoms with Crippen LogP contribution in [0.25, 0.3) is 10.2 Å². The largest absolute Gasteiger partial charge is 0.478 e. The molecule has 0 bridgehead atoms. The van der Waals surface area contributed by atoms with Crippen molar-refractivity contribution in [1.29, 1.82) is 0 Å². The van der Waals surface area contributed by atoms with E-state index < -0.39 is 23.4 Å². The molecule has 9 nitrogen and oxygen atoms in total. The van der Waals surface area contributed by atoms with E-state index in [0.717, 1.165) is 11.3 Å². The van der Waals surface area contributed by atoms with E-state index in [1.165, 1.54) is 34.2 Å². The summed E-state index contributed by atoms with van der Waals surface area (Å²) >= 11 is 1.07. The maximum atomic E-state index is 13.0. The van der Waals surface area contributed by atoms with Crippen LogP contribution in [0.3, 0.4) is 0 Å². The fourth-order valence-corrected chi connectivity index (χ4v) is 3.74. The molecule has 0 fully saturated rings. The molecule has 0 aliphatic carbocycles. The van der Waals surface area contributed by atoms with E-state index in [0.29, 0.717) is 16.3 Å². The lowest BCUT2D eigenvalue weighted by molar-refractivity contribution is -0.116. The standard InChI is InChI=1S/C19H17N3O6S/c1-9(2)15-21-16-14(12(8-29-16)19(27)28)17(24)22(15)7-13(23)20-11-5-3-10(4-6-11)18(25)26/h3-6,8-9H,7H2,1-2H3,(H,20,23)(H,25,26)(H,27,28). The van der Waals surface area contributed by atoms with E-state index in [-0.39, 0.29) is 29.0 Å². The second kappa shape index (κ2) is 7.84. The van der Waals surface area contributed by atoms with E-state index in [2.05, 4.69) is 10.3 Å². The minimum atomic E-state index is -1.23. The summed E-state index contributed by atoms with van der Waals surface area (Å²) in [5, 5.41) is 22.2. The summed E-state index contributed by atoms with van der Waals surface area (Å²) in [6.45, 7) is 3.28. The van der Waals surface area contributed by atoms with Crippen molar-refractivity contribution in [2.24, 2.45) is 0 Å². The Morgan fingerprint density at radius 1 is 1.14 bits per heavy atom. The highest BCUT2D eigenvalue weighted by Crippen LogP contribution is 2.24. The molecular weight excluding hydrogens is 398 g/mol. The van der Waals surface area contributed by atoms with Gasteiger partial charge in [-0.05, 0) is 24.3 Å². The number of carbonyl (C=O) groups is 3. The molecule has 3 rings (SSSR count). The lowest BCUT2D eigenvalue weighted by Gasteiger charge is -2.15. The molecule has 2 aromatic heterocycles. The molecule has 150 valence electrons. The van der Waals surface area contributed by atoms with E-state index >= 15 is 0 Å². The Hall–Kier alpha value is -3.53. The molecule has 29 heavy (non-hydrogen) atoms. The van der Waals surface area contributed by atoms with Crippen molar-refractivity contribution in [2.45, 2.75) is 26.3 Å². The molecule has 0 saturated carbocycles. The van der Waals surface area contributed by atoms with Gasteiger partial charge >= 0.3 is 11.9 Å². The van der Waals surface area contributed by atoms with Gasteiger partial charge in [0.1, 0.15) is 17.2 Å². The predicted molar refractivity (Wildman–Crippen MR) is 107 cm³/mol. The third-order valence-corrected chi connectivity index (χ3v) is 5.06. The number of aromatic carboxylic acids is 2. The number of fused-ring (bicyclic) bond motifs is 1. The molecule has 0 radical (unpaired) electrons. The average Bonchev–Trinajstić information content (AvgIpc) is 3.08. The molecule has 0 unspecified atom stereocenters. The zero-order chi connectivity index (χ0) is 21.3. The molecule has 1 amide bonds. The fraction of sp³-hybridized carbons (Fsp3) is 0.211. The van der Waals surface area contributed by atoms with Crippen molar-refractivity contribution in [1.82, 2.24) is 9.55 Å². The number of nitrogens with one attached hydrogen (secondary N) is 1. The van der Waals surface area contributed by atoms with E-state index in [1.807, 2.05) is 13.8 Å². The van der Waals surface area contributed by atoms with Crippen LogP contribution in [0.2, 0.25) is 0 Å². The van der Waals surface area contributed by atoms with Crippen LogP contribution in [0.15, 0.2) is 34.4 Å². The fourth-order valence-electron chi connectivity index (χ4n) is 2.83. The maximum Gasteiger partial charge on any atom is 0.337 e. The van der Waals surface area contributed by atoms with Crippen LogP contribution in [0.4, 0.5) is 5.69 Å². The predicted octanol–water partition coefficient (Wildman–Crippen LogP) is 2.62. The van der Waals surface area contributed by atoms with E-state index in [4.69, 9.17) is 5.11 Å². The molecule has 0 aliphatic rings. The summed E-state index contributed by atoms with van der Waals surface area (Å²) in [6, 6.07) is 5.58. The van der Waals surface area contributed by atoms with Gasteiger partial charge in [-0.2, -0.15) is 0 Å². The molecule has 1 aromatic carbocycles. The van der Waals surface area contributed by atoms with Crippen molar-refractivity contribution < 1.29 is 24.6 Å². The lowest BCUT2D eigenvalue weighted by atomic mass is 10.1. The average molecular weight is 415 g/mol. The molecule has 0 aliphatic heterocycles. The highest BCUT2D eigenvalue weighted by molar-refractivity contribution is 7.17. The number of hydrogen-bond donors (Lipinski definition) is 3. The van der Waals surface area contributed by atoms with Crippen molar-refractivity contribution in [3.63, 3.8) is 0 Å². The van der Waals surface area contributed by atoms with Crippen LogP contribution in [-0.2, 0) is 11.3 Å². The summed E-state index contributed by atoms with van der Waals surface area (Å²) in [4.78, 5) is 52.5. The van der Waals surface area contributed by atoms with Crippen molar-refractivity contribution >= 4 is 45.1 Å². The third-order valence-electron chi connectivity index (χ3n) is 4.19. The Kier molecular flexibility index (Phi) is 5.46. The number of rotatable bonds is 6. The monoisotopic (exact) mass is 415 g/mol. The zero-order valence-corrected chi connectivity index (χ0v) is 16.3. The Morgan fingerprint density at radius 3 is 2.34 bits per heavy atom. The van der Waals surface area contributed by atoms with Crippen LogP contribution < -0.4 is 10.9 Å². The first-order chi connectivity index (χ1) is 13.7. The molecule has 3 aromatic rings. The first-order valence-corrected chi connectivity index (χ1v) is 9.45. The van der Waals surface area contributed by atoms with Gasteiger partial charge in [-0.1, -0.05) is 13.8 Å². The van der Waals surface area contributed by atoms with Gasteiger partial charge in [0.05, 0.1) is 16.5 Å². The molecule has 3 N–H and O–H groups in total. The second-order valence-corrected chi connectivity index (χ2v) is 7.44. The van der Waals surface area contributed by atoms with Gasteiger partial charge in [-0.25, -0.2) is 14.6 Å². The van der Waals surface area contributed by atoms with Crippen LogP contribution in [0.1, 0.15) is 46.3 Å². The van der Waals surface area contributed by atoms with Gasteiger partial charge in [-0.15, -0.1) is 11.3 Å². The number of carbonyl (C=O) groups excluding carboxylic acids is 1. The van der Waals surface area contributed by atoms with Crippen molar-refractivity contribution in [3.8, 4) is 0 Å². The minimum absolute atomic E-state index is 0.0227. The Morgan fingerprint density at radius 2 is 1.79 bits per heavy atom. The second-order valence-electron chi connectivity index (χ2n) is 6.58. The summed E-state index contributed by atoms with van der Waals surface area (Å²) < 4.78 is 1.17. The number of aromatic nitrogens is 2. The highest BCUT2D eigenvalue weighted by Gasteiger charge is 2.22. The Balaban J connectivity index is 1.96. The lowest BCUT2D eigenvalue weighted by Crippen LogP contribution is -2.32. The molecule has 0 saturated heterocycles. The van der Waals surface area contributed by atoms with Gasteiger partial charge in [0.25, 0.3) is 5.56 Å². The third kappa shape index (κ3) is 4.02. The first kappa shape index (κ1) is 20.2. The number of anilines is 1. The van der Waals surface area contributed by atoms with Crippen molar-refractivity contribution in [2.75, 3.05) is 5.32 Å². The number of thiophene rings is 1. The van der Waals surface area contributed by atoms with Gasteiger partial charge < -0.3 is 15.5 Å². The number of benzene rings is 1. The SMILES string of the molecule is CC(C)c1nc2scc(C(=O)O)c2c(=O)n1CC(=O)Nc1ccc(C(=O)O)cc1. The number of hydrogen-bond acceptors (Lipinski definition) is 6. The number of nitrogens with zero attached hydrogens (tertiary/aromatic N) is 2. The highest BCUT2D eigenvalue weighted by atomic mass is 32.1. The van der Waals surface area contributed by atoms with E-state index in [9.17, 15) is 24.3 Å². The molecule has 0 atom stereocenters. The summed E-state index contributed by atoms with van der Waals surface area (Å²) in [5.74, 6) is -2.64. The summed E-state index contributed by atoms with van der Waals surface area (Å²) in [6.07, 6.45) is 0. The van der Waals surface area contributed by atoms with Crippen LogP contribution in [-0.4, -0.2) is 37.6 Å². The van der Waals surface area contributed by atoms with Gasteiger partial charge in [0.2, 0.25) is 5.91 Å². The Bertz CT molecular complexity index is 1180. The van der Waals surface area contributed by atoms with Gasteiger partial charge in [0, 0.05) is 17.0 Å².